The number of benzene rings is 2. The number of nitrogen functional groups attached to an aromatic ring is 1. The second kappa shape index (κ2) is 5.32. The molecule has 0 spiro atoms. The molecule has 98 valence electrons. The molecule has 4 nitrogen and oxygen atoms in total. The number of aryl methyl sites for hydroxylation is 1. The van der Waals surface area contributed by atoms with Gasteiger partial charge in [-0.2, -0.15) is 0 Å². The van der Waals surface area contributed by atoms with Crippen LogP contribution in [0.2, 0.25) is 0 Å². The van der Waals surface area contributed by atoms with Gasteiger partial charge in [-0.3, -0.25) is 0 Å². The highest BCUT2D eigenvalue weighted by molar-refractivity contribution is 9.10. The summed E-state index contributed by atoms with van der Waals surface area (Å²) in [4.78, 5) is 11.1. The van der Waals surface area contributed by atoms with Crippen LogP contribution in [0.4, 0.5) is 5.69 Å². The van der Waals surface area contributed by atoms with Crippen LogP contribution in [0.1, 0.15) is 15.9 Å². The van der Waals surface area contributed by atoms with Crippen molar-refractivity contribution in [2.45, 2.75) is 6.92 Å². The summed E-state index contributed by atoms with van der Waals surface area (Å²) in [5.74, 6) is -0.367. The van der Waals surface area contributed by atoms with Crippen molar-refractivity contribution in [3.8, 4) is 11.5 Å². The molecule has 0 saturated heterocycles. The first-order valence-electron chi connectivity index (χ1n) is 5.55. The summed E-state index contributed by atoms with van der Waals surface area (Å²) in [5.41, 5.74) is 7.10. The summed E-state index contributed by atoms with van der Waals surface area (Å²) in [6.45, 7) is 1.92. The predicted molar refractivity (Wildman–Crippen MR) is 76.8 cm³/mol. The smallest absolute Gasteiger partial charge is 0.339 e. The number of aromatic carboxylic acids is 1. The molecule has 19 heavy (non-hydrogen) atoms. The number of anilines is 1. The molecule has 0 bridgehead atoms. The van der Waals surface area contributed by atoms with Crippen LogP contribution in [-0.2, 0) is 0 Å². The maximum Gasteiger partial charge on any atom is 0.339 e. The number of carbonyl (C=O) groups is 1. The van der Waals surface area contributed by atoms with Crippen LogP contribution in [0.3, 0.4) is 0 Å². The Labute approximate surface area is 118 Å². The Kier molecular flexibility index (Phi) is 3.76. The van der Waals surface area contributed by atoms with E-state index in [9.17, 15) is 4.79 Å². The third kappa shape index (κ3) is 2.88. The normalized spacial score (nSPS) is 10.2. The average molecular weight is 322 g/mol. The SMILES string of the molecule is Cc1cc(Oc2c(N)cccc2C(=O)O)ccc1Br. The third-order valence-electron chi connectivity index (χ3n) is 2.63. The van der Waals surface area contributed by atoms with Crippen molar-refractivity contribution in [1.82, 2.24) is 0 Å². The summed E-state index contributed by atoms with van der Waals surface area (Å²) < 4.78 is 6.57. The lowest BCUT2D eigenvalue weighted by molar-refractivity contribution is 0.0694. The quantitative estimate of drug-likeness (QED) is 0.843. The number of hydrogen-bond donors (Lipinski definition) is 2. The van der Waals surface area contributed by atoms with E-state index in [1.165, 1.54) is 6.07 Å². The van der Waals surface area contributed by atoms with Gasteiger partial charge in [0.25, 0.3) is 0 Å². The number of halogens is 1. The van der Waals surface area contributed by atoms with Crippen LogP contribution < -0.4 is 10.5 Å². The molecular weight excluding hydrogens is 310 g/mol. The van der Waals surface area contributed by atoms with Gasteiger partial charge in [0.2, 0.25) is 0 Å². The first-order chi connectivity index (χ1) is 8.99. The molecule has 0 atom stereocenters. The van der Waals surface area contributed by atoms with Crippen molar-refractivity contribution in [3.63, 3.8) is 0 Å². The van der Waals surface area contributed by atoms with Gasteiger partial charge >= 0.3 is 5.97 Å². The maximum atomic E-state index is 11.1. The number of para-hydroxylation sites is 1. The number of carboxylic acid groups (broad SMARTS) is 1. The van der Waals surface area contributed by atoms with Crippen LogP contribution in [0, 0.1) is 6.92 Å². The molecule has 3 N–H and O–H groups in total. The van der Waals surface area contributed by atoms with Crippen molar-refractivity contribution < 1.29 is 14.6 Å². The number of hydrogen-bond acceptors (Lipinski definition) is 3. The van der Waals surface area contributed by atoms with Gasteiger partial charge < -0.3 is 15.6 Å². The number of carboxylic acids is 1. The van der Waals surface area contributed by atoms with E-state index in [0.29, 0.717) is 11.4 Å². The standard InChI is InChI=1S/C14H12BrNO3/c1-8-7-9(5-6-11(8)15)19-13-10(14(17)18)3-2-4-12(13)16/h2-7H,16H2,1H3,(H,17,18). The summed E-state index contributed by atoms with van der Waals surface area (Å²) in [7, 11) is 0. The molecule has 0 fully saturated rings. The van der Waals surface area contributed by atoms with E-state index in [2.05, 4.69) is 15.9 Å². The van der Waals surface area contributed by atoms with Crippen molar-refractivity contribution >= 4 is 27.6 Å². The molecule has 2 aromatic carbocycles. The van der Waals surface area contributed by atoms with E-state index < -0.39 is 5.97 Å². The maximum absolute atomic E-state index is 11.1. The second-order valence-electron chi connectivity index (χ2n) is 4.04. The van der Waals surface area contributed by atoms with Gasteiger partial charge in [-0.15, -0.1) is 0 Å². The zero-order valence-electron chi connectivity index (χ0n) is 10.2. The monoisotopic (exact) mass is 321 g/mol. The highest BCUT2D eigenvalue weighted by atomic mass is 79.9. The Balaban J connectivity index is 2.42. The van der Waals surface area contributed by atoms with Gasteiger partial charge in [0.1, 0.15) is 11.3 Å². The van der Waals surface area contributed by atoms with Crippen molar-refractivity contribution in [2.75, 3.05) is 5.73 Å². The lowest BCUT2D eigenvalue weighted by Crippen LogP contribution is -2.03. The summed E-state index contributed by atoms with van der Waals surface area (Å²) in [6.07, 6.45) is 0. The van der Waals surface area contributed by atoms with Crippen molar-refractivity contribution in [2.24, 2.45) is 0 Å². The molecule has 0 aliphatic heterocycles. The summed E-state index contributed by atoms with van der Waals surface area (Å²) in [6, 6.07) is 10.0. The molecule has 0 saturated carbocycles. The number of nitrogens with two attached hydrogens (primary N) is 1. The van der Waals surface area contributed by atoms with Gasteiger partial charge in [-0.1, -0.05) is 22.0 Å². The Hall–Kier alpha value is -2.01. The molecule has 0 aliphatic rings. The topological polar surface area (TPSA) is 72.5 Å². The van der Waals surface area contributed by atoms with E-state index in [1.807, 2.05) is 19.1 Å². The first kappa shape index (κ1) is 13.4. The predicted octanol–water partition coefficient (Wildman–Crippen LogP) is 3.83. The first-order valence-corrected chi connectivity index (χ1v) is 6.34. The van der Waals surface area contributed by atoms with Crippen molar-refractivity contribution in [3.05, 3.63) is 52.0 Å². The zero-order chi connectivity index (χ0) is 14.0. The Morgan fingerprint density at radius 2 is 2.05 bits per heavy atom. The highest BCUT2D eigenvalue weighted by Crippen LogP contribution is 2.32. The van der Waals surface area contributed by atoms with Gasteiger partial charge in [0.15, 0.2) is 5.75 Å². The molecule has 0 unspecified atom stereocenters. The fourth-order valence-corrected chi connectivity index (χ4v) is 1.88. The highest BCUT2D eigenvalue weighted by Gasteiger charge is 2.15. The van der Waals surface area contributed by atoms with E-state index >= 15 is 0 Å². The van der Waals surface area contributed by atoms with Crippen LogP contribution >= 0.6 is 15.9 Å². The van der Waals surface area contributed by atoms with Gasteiger partial charge in [-0.05, 0) is 42.8 Å². The summed E-state index contributed by atoms with van der Waals surface area (Å²) >= 11 is 3.39. The molecule has 2 rings (SSSR count). The van der Waals surface area contributed by atoms with E-state index in [-0.39, 0.29) is 11.3 Å². The fourth-order valence-electron chi connectivity index (χ4n) is 1.64. The minimum Gasteiger partial charge on any atom is -0.478 e. The van der Waals surface area contributed by atoms with Gasteiger partial charge in [0, 0.05) is 4.47 Å². The summed E-state index contributed by atoms with van der Waals surface area (Å²) in [5, 5.41) is 9.12. The molecule has 2 aromatic rings. The molecule has 0 amide bonds. The molecule has 0 aliphatic carbocycles. The third-order valence-corrected chi connectivity index (χ3v) is 3.51. The van der Waals surface area contributed by atoms with Crippen LogP contribution in [-0.4, -0.2) is 11.1 Å². The second-order valence-corrected chi connectivity index (χ2v) is 4.90. The molecular formula is C14H12BrNO3. The van der Waals surface area contributed by atoms with Crippen molar-refractivity contribution in [1.29, 1.82) is 0 Å². The van der Waals surface area contributed by atoms with E-state index in [4.69, 9.17) is 15.6 Å². The van der Waals surface area contributed by atoms with Gasteiger partial charge in [-0.25, -0.2) is 4.79 Å². The van der Waals surface area contributed by atoms with Crippen LogP contribution in [0.5, 0.6) is 11.5 Å². The van der Waals surface area contributed by atoms with Gasteiger partial charge in [0.05, 0.1) is 5.69 Å². The van der Waals surface area contributed by atoms with E-state index in [0.717, 1.165) is 10.0 Å². The molecule has 0 heterocycles. The molecule has 5 heteroatoms. The minimum atomic E-state index is -1.07. The van der Waals surface area contributed by atoms with Crippen LogP contribution in [0.15, 0.2) is 40.9 Å². The average Bonchev–Trinajstić information content (AvgIpc) is 2.36. The largest absolute Gasteiger partial charge is 0.478 e. The zero-order valence-corrected chi connectivity index (χ0v) is 11.8. The minimum absolute atomic E-state index is 0.0422. The van der Waals surface area contributed by atoms with E-state index in [1.54, 1.807) is 18.2 Å². The Morgan fingerprint density at radius 3 is 2.68 bits per heavy atom. The molecule has 0 aromatic heterocycles. The number of rotatable bonds is 3. The lowest BCUT2D eigenvalue weighted by atomic mass is 10.1. The Morgan fingerprint density at radius 1 is 1.32 bits per heavy atom. The molecule has 0 radical (unpaired) electrons. The number of ether oxygens (including phenoxy) is 1. The van der Waals surface area contributed by atoms with Crippen LogP contribution in [0.25, 0.3) is 0 Å². The lowest BCUT2D eigenvalue weighted by Gasteiger charge is -2.12. The Bertz CT molecular complexity index is 641. The fraction of sp³-hybridized carbons (Fsp3) is 0.0714.